The van der Waals surface area contributed by atoms with Crippen molar-refractivity contribution < 1.29 is 28.9 Å². The summed E-state index contributed by atoms with van der Waals surface area (Å²) >= 11 is 0. The van der Waals surface area contributed by atoms with Gasteiger partial charge in [-0.05, 0) is 77.6 Å². The Hall–Kier alpha value is -6.63. The predicted octanol–water partition coefficient (Wildman–Crippen LogP) is 8.04. The maximum absolute atomic E-state index is 14.0. The van der Waals surface area contributed by atoms with E-state index in [1.807, 2.05) is 122 Å². The van der Waals surface area contributed by atoms with Gasteiger partial charge in [-0.3, -0.25) is 9.69 Å². The van der Waals surface area contributed by atoms with Gasteiger partial charge in [0, 0.05) is 24.8 Å². The average molecular weight is 807 g/mol. The summed E-state index contributed by atoms with van der Waals surface area (Å²) in [6.45, 7) is 8.26. The molecule has 0 spiro atoms. The van der Waals surface area contributed by atoms with Gasteiger partial charge in [0.2, 0.25) is 12.6 Å². The van der Waals surface area contributed by atoms with Crippen LogP contribution in [0, 0.1) is 5.41 Å². The number of hydrogen-bond donors (Lipinski definition) is 2. The summed E-state index contributed by atoms with van der Waals surface area (Å²) in [6, 6.07) is 46.4. The fourth-order valence-corrected chi connectivity index (χ4v) is 7.77. The predicted molar refractivity (Wildman–Crippen MR) is 229 cm³/mol. The number of esters is 2. The zero-order valence-electron chi connectivity index (χ0n) is 34.7. The van der Waals surface area contributed by atoms with Crippen LogP contribution in [0.4, 0.5) is 5.69 Å². The topological polar surface area (TPSA) is 141 Å². The van der Waals surface area contributed by atoms with Crippen LogP contribution in [0.25, 0.3) is 22.5 Å². The van der Waals surface area contributed by atoms with E-state index in [2.05, 4.69) is 46.9 Å². The van der Waals surface area contributed by atoms with Crippen LogP contribution in [0.15, 0.2) is 151 Å². The number of carbonyl (C=O) groups is 2. The van der Waals surface area contributed by atoms with Crippen LogP contribution >= 0.6 is 0 Å². The monoisotopic (exact) mass is 806 g/mol. The second kappa shape index (κ2) is 17.3. The van der Waals surface area contributed by atoms with Crippen LogP contribution in [0.3, 0.4) is 0 Å². The van der Waals surface area contributed by atoms with Gasteiger partial charge in [-0.15, -0.1) is 5.10 Å². The lowest BCUT2D eigenvalue weighted by molar-refractivity contribution is -0.171. The lowest BCUT2D eigenvalue weighted by atomic mass is 9.77. The zero-order valence-corrected chi connectivity index (χ0v) is 34.7. The zero-order chi connectivity index (χ0) is 42.5. The number of anilines is 1. The molecule has 2 atom stereocenters. The second-order valence-corrected chi connectivity index (χ2v) is 15.5. The molecular formula is C48H50N6O6. The number of aromatic nitrogens is 4. The fourth-order valence-electron chi connectivity index (χ4n) is 7.77. The van der Waals surface area contributed by atoms with Crippen molar-refractivity contribution in [1.82, 2.24) is 25.5 Å². The Morgan fingerprint density at radius 1 is 0.750 bits per heavy atom. The number of ether oxygens (including phenoxy) is 3. The van der Waals surface area contributed by atoms with E-state index in [4.69, 9.17) is 24.5 Å². The summed E-state index contributed by atoms with van der Waals surface area (Å²) in [5, 5.41) is 28.2. The third-order valence-corrected chi connectivity index (χ3v) is 10.9. The van der Waals surface area contributed by atoms with Gasteiger partial charge in [-0.25, -0.2) is 9.48 Å². The Morgan fingerprint density at radius 3 is 1.78 bits per heavy atom. The van der Waals surface area contributed by atoms with Crippen molar-refractivity contribution >= 4 is 17.6 Å². The molecule has 0 amide bonds. The number of tetrazole rings is 1. The van der Waals surface area contributed by atoms with Crippen LogP contribution in [0.1, 0.15) is 64.2 Å². The normalized spacial score (nSPS) is 16.0. The first-order valence-electron chi connectivity index (χ1n) is 20.1. The highest BCUT2D eigenvalue weighted by molar-refractivity contribution is 5.95. The first-order valence-corrected chi connectivity index (χ1v) is 20.1. The summed E-state index contributed by atoms with van der Waals surface area (Å²) < 4.78 is 18.8. The number of benzene rings is 5. The second-order valence-electron chi connectivity index (χ2n) is 15.5. The number of nitrogens with one attached hydrogen (secondary N) is 1. The van der Waals surface area contributed by atoms with Gasteiger partial charge >= 0.3 is 11.9 Å². The SMILES string of the molecule is CCC(O)C1=C(C(=O)OCOC(=O)C(C)(C)C)N(c2ccc(-c3ccccc3-c3nnnn3C(c3ccccc3)(c3ccccc3)c3ccccc3)cc2)C(CC)(OC)N1. The number of aliphatic hydroxyl groups is 1. The molecule has 2 unspecified atom stereocenters. The van der Waals surface area contributed by atoms with Crippen LogP contribution in [-0.4, -0.2) is 63.1 Å². The van der Waals surface area contributed by atoms with Crippen LogP contribution in [0.2, 0.25) is 0 Å². The summed E-state index contributed by atoms with van der Waals surface area (Å²) in [5.74, 6) is -2.01. The van der Waals surface area contributed by atoms with E-state index in [0.717, 1.165) is 33.4 Å². The Bertz CT molecular complexity index is 2350. The molecule has 0 bridgehead atoms. The minimum atomic E-state index is -1.25. The molecule has 1 aliphatic heterocycles. The van der Waals surface area contributed by atoms with E-state index < -0.39 is 41.6 Å². The standard InChI is InChI=1S/C48H50N6O6/c1-7-40(55)41-42(44(56)59-32-60-45(57)46(3,4)5)53(47(8-2,49-41)58-6)37-30-28-33(29-31-37)38-26-18-19-27-39(38)43-50-51-52-54(43)48(34-20-12-9-13-21-34,35-22-14-10-15-23-35)36-24-16-11-17-25-36/h9-31,40,49,55H,7-8,32H2,1-6H3. The molecule has 2 heterocycles. The number of methoxy groups -OCH3 is 1. The Kier molecular flexibility index (Phi) is 12.0. The fraction of sp³-hybridized carbons (Fsp3) is 0.271. The maximum atomic E-state index is 14.0. The smallest absolute Gasteiger partial charge is 0.359 e. The molecule has 0 radical (unpaired) electrons. The summed E-state index contributed by atoms with van der Waals surface area (Å²) in [5.41, 5.74) is 4.62. The van der Waals surface area contributed by atoms with Crippen LogP contribution < -0.4 is 10.2 Å². The van der Waals surface area contributed by atoms with Gasteiger partial charge in [0.25, 0.3) is 0 Å². The Labute approximate surface area is 350 Å². The lowest BCUT2D eigenvalue weighted by Crippen LogP contribution is -2.55. The minimum Gasteiger partial charge on any atom is -0.427 e. The molecule has 1 aliphatic rings. The quantitative estimate of drug-likeness (QED) is 0.0628. The van der Waals surface area contributed by atoms with Crippen molar-refractivity contribution in [3.05, 3.63) is 168 Å². The van der Waals surface area contributed by atoms with Crippen molar-refractivity contribution in [3.8, 4) is 22.5 Å². The van der Waals surface area contributed by atoms with Gasteiger partial charge in [0.15, 0.2) is 11.5 Å². The molecule has 1 aromatic heterocycles. The van der Waals surface area contributed by atoms with Crippen molar-refractivity contribution in [2.75, 3.05) is 18.8 Å². The molecule has 5 aromatic carbocycles. The van der Waals surface area contributed by atoms with E-state index in [-0.39, 0.29) is 11.4 Å². The van der Waals surface area contributed by atoms with Crippen LogP contribution in [-0.2, 0) is 29.3 Å². The van der Waals surface area contributed by atoms with Crippen molar-refractivity contribution in [3.63, 3.8) is 0 Å². The molecule has 6 aromatic rings. The van der Waals surface area contributed by atoms with Crippen molar-refractivity contribution in [1.29, 1.82) is 0 Å². The highest BCUT2D eigenvalue weighted by Gasteiger charge is 2.50. The largest absolute Gasteiger partial charge is 0.427 e. The number of rotatable bonds is 14. The van der Waals surface area contributed by atoms with E-state index in [1.54, 1.807) is 25.7 Å². The first-order chi connectivity index (χ1) is 29.0. The van der Waals surface area contributed by atoms with Gasteiger partial charge in [0.05, 0.1) is 17.2 Å². The van der Waals surface area contributed by atoms with Crippen LogP contribution in [0.5, 0.6) is 0 Å². The molecule has 308 valence electrons. The molecule has 0 saturated carbocycles. The number of aliphatic hydroxyl groups excluding tert-OH is 1. The Balaban J connectivity index is 1.32. The molecule has 7 rings (SSSR count). The van der Waals surface area contributed by atoms with Gasteiger partial charge in [-0.1, -0.05) is 141 Å². The molecule has 12 heteroatoms. The van der Waals surface area contributed by atoms with Crippen molar-refractivity contribution in [2.24, 2.45) is 5.41 Å². The number of nitrogens with zero attached hydrogens (tertiary/aromatic N) is 5. The molecule has 0 aliphatic carbocycles. The average Bonchev–Trinajstić information content (AvgIpc) is 3.91. The third-order valence-electron chi connectivity index (χ3n) is 10.9. The lowest BCUT2D eigenvalue weighted by Gasteiger charge is -2.39. The molecule has 60 heavy (non-hydrogen) atoms. The summed E-state index contributed by atoms with van der Waals surface area (Å²) in [7, 11) is 1.54. The van der Waals surface area contributed by atoms with Crippen molar-refractivity contribution in [2.45, 2.75) is 65.0 Å². The molecular weight excluding hydrogens is 757 g/mol. The third kappa shape index (κ3) is 7.55. The van der Waals surface area contributed by atoms with Gasteiger partial charge < -0.3 is 24.6 Å². The van der Waals surface area contributed by atoms with E-state index in [1.165, 1.54) is 7.11 Å². The highest BCUT2D eigenvalue weighted by atomic mass is 16.7. The van der Waals surface area contributed by atoms with Gasteiger partial charge in [0.1, 0.15) is 5.54 Å². The minimum absolute atomic E-state index is 0.0475. The van der Waals surface area contributed by atoms with E-state index in [0.29, 0.717) is 24.4 Å². The molecule has 2 N–H and O–H groups in total. The summed E-state index contributed by atoms with van der Waals surface area (Å²) in [6.07, 6.45) is -0.355. The molecule has 12 nitrogen and oxygen atoms in total. The first kappa shape index (κ1) is 41.5. The van der Waals surface area contributed by atoms with Gasteiger partial charge in [-0.2, -0.15) is 0 Å². The van der Waals surface area contributed by atoms with E-state index in [9.17, 15) is 14.7 Å². The molecule has 0 saturated heterocycles. The highest BCUT2D eigenvalue weighted by Crippen LogP contribution is 2.44. The molecule has 0 fully saturated rings. The Morgan fingerprint density at radius 2 is 1.28 bits per heavy atom. The van der Waals surface area contributed by atoms with E-state index >= 15 is 0 Å². The number of hydrogen-bond acceptors (Lipinski definition) is 11. The maximum Gasteiger partial charge on any atom is 0.359 e. The summed E-state index contributed by atoms with van der Waals surface area (Å²) in [4.78, 5) is 28.1. The number of carbonyl (C=O) groups excluding carboxylic acids is 2.